The summed E-state index contributed by atoms with van der Waals surface area (Å²) in [6, 6.07) is 26.0. The van der Waals surface area contributed by atoms with Gasteiger partial charge in [-0.1, -0.05) is 53.1 Å². The fourth-order valence-corrected chi connectivity index (χ4v) is 2.53. The molecule has 0 saturated carbocycles. The molecule has 0 aromatic heterocycles. The first-order chi connectivity index (χ1) is 11.6. The SMILES string of the molecule is Cc1ccc(N(c2ccc(C)cc2)c2ccc(C)cc2)cc1.[3H]F.[B]. The Balaban J connectivity index is 0.00000101. The summed E-state index contributed by atoms with van der Waals surface area (Å²) in [6.07, 6.45) is 0. The van der Waals surface area contributed by atoms with E-state index in [-0.39, 0.29) is 8.41 Å². The minimum absolute atomic E-state index is 0. The molecule has 0 aliphatic carbocycles. The van der Waals surface area contributed by atoms with Crippen molar-refractivity contribution < 1.29 is 4.72 Å². The number of rotatable bonds is 3. The Morgan fingerprint density at radius 2 is 0.750 bits per heavy atom. The van der Waals surface area contributed by atoms with Gasteiger partial charge in [-0.3, -0.25) is 4.72 Å². The third-order valence-electron chi connectivity index (χ3n) is 3.88. The highest BCUT2D eigenvalue weighted by molar-refractivity contribution is 5.76. The fourth-order valence-electron chi connectivity index (χ4n) is 2.53. The van der Waals surface area contributed by atoms with Gasteiger partial charge in [-0.2, -0.15) is 0 Å². The normalized spacial score (nSPS) is 9.92. The summed E-state index contributed by atoms with van der Waals surface area (Å²) < 4.78 is 13.0. The first-order valence-electron chi connectivity index (χ1n) is 8.01. The van der Waals surface area contributed by atoms with Crippen LogP contribution in [0.5, 0.6) is 0 Å². The van der Waals surface area contributed by atoms with E-state index in [2.05, 4.69) is 99.9 Å². The molecule has 0 amide bonds. The fraction of sp³-hybridized carbons (Fsp3) is 0.143. The molecule has 3 aromatic carbocycles. The van der Waals surface area contributed by atoms with Gasteiger partial charge in [0.25, 0.3) is 1.45 Å². The largest absolute Gasteiger partial charge is 0.311 e. The number of aryl methyl sites for hydroxylation is 3. The minimum Gasteiger partial charge on any atom is -0.311 e. The van der Waals surface area contributed by atoms with E-state index in [9.17, 15) is 0 Å². The number of hydrogen-bond acceptors (Lipinski definition) is 1. The summed E-state index contributed by atoms with van der Waals surface area (Å²) in [7, 11) is 0. The summed E-state index contributed by atoms with van der Waals surface area (Å²) in [5.74, 6) is 0. The predicted molar refractivity (Wildman–Crippen MR) is 104 cm³/mol. The van der Waals surface area contributed by atoms with Gasteiger partial charge in [-0.15, -0.1) is 0 Å². The van der Waals surface area contributed by atoms with Crippen LogP contribution in [0.25, 0.3) is 0 Å². The molecule has 3 heteroatoms. The van der Waals surface area contributed by atoms with Gasteiger partial charge < -0.3 is 4.90 Å². The maximum Gasteiger partial charge on any atom is 0.269 e. The Hall–Kier alpha value is -2.55. The molecule has 0 bridgehead atoms. The van der Waals surface area contributed by atoms with Crippen LogP contribution in [-0.4, -0.2) is 9.86 Å². The van der Waals surface area contributed by atoms with Crippen LogP contribution < -0.4 is 4.90 Å². The first-order valence-corrected chi connectivity index (χ1v) is 7.63. The van der Waals surface area contributed by atoms with Gasteiger partial charge in [-0.05, 0) is 57.2 Å². The average Bonchev–Trinajstić information content (AvgIpc) is 2.62. The molecule has 3 rings (SSSR count). The van der Waals surface area contributed by atoms with Crippen molar-refractivity contribution >= 4 is 25.5 Å². The Labute approximate surface area is 147 Å². The van der Waals surface area contributed by atoms with Crippen molar-refractivity contribution in [3.8, 4) is 0 Å². The van der Waals surface area contributed by atoms with Crippen LogP contribution in [0.3, 0.4) is 0 Å². The van der Waals surface area contributed by atoms with Crippen molar-refractivity contribution in [3.05, 3.63) is 89.5 Å². The lowest BCUT2D eigenvalue weighted by Crippen LogP contribution is -2.09. The van der Waals surface area contributed by atoms with E-state index in [1.54, 1.807) is 0 Å². The van der Waals surface area contributed by atoms with E-state index in [1.807, 2.05) is 0 Å². The quantitative estimate of drug-likeness (QED) is 0.547. The van der Waals surface area contributed by atoms with Crippen molar-refractivity contribution in [2.45, 2.75) is 20.8 Å². The highest BCUT2D eigenvalue weighted by atomic mass is 19.0. The second-order valence-electron chi connectivity index (χ2n) is 5.84. The lowest BCUT2D eigenvalue weighted by Gasteiger charge is -2.25. The predicted octanol–water partition coefficient (Wildman–Crippen LogP) is 5.85. The van der Waals surface area contributed by atoms with Crippen LogP contribution in [0.15, 0.2) is 72.8 Å². The van der Waals surface area contributed by atoms with Crippen molar-refractivity contribution in [1.29, 1.82) is 1.45 Å². The van der Waals surface area contributed by atoms with E-state index in [0.717, 1.165) is 0 Å². The molecule has 0 aliphatic heterocycles. The van der Waals surface area contributed by atoms with Crippen molar-refractivity contribution in [3.63, 3.8) is 0 Å². The molecule has 0 atom stereocenters. The third kappa shape index (κ3) is 4.26. The van der Waals surface area contributed by atoms with Crippen LogP contribution in [0.2, 0.25) is 0 Å². The van der Waals surface area contributed by atoms with Crippen LogP contribution in [-0.2, 0) is 0 Å². The van der Waals surface area contributed by atoms with Crippen LogP contribution in [0.4, 0.5) is 21.8 Å². The van der Waals surface area contributed by atoms with Crippen LogP contribution >= 0.6 is 0 Å². The van der Waals surface area contributed by atoms with Gasteiger partial charge in [0.05, 0.1) is 0 Å². The number of benzene rings is 3. The molecule has 0 aliphatic rings. The molecule has 121 valence electrons. The zero-order valence-electron chi connectivity index (χ0n) is 15.3. The Morgan fingerprint density at radius 1 is 0.542 bits per heavy atom. The maximum absolute atomic E-state index is 8.75. The maximum atomic E-state index is 8.75. The molecule has 1 nitrogen and oxygen atoms in total. The smallest absolute Gasteiger partial charge is 0.269 e. The highest BCUT2D eigenvalue weighted by Crippen LogP contribution is 2.34. The zero-order valence-corrected chi connectivity index (χ0v) is 14.3. The van der Waals surface area contributed by atoms with E-state index in [4.69, 9.17) is 4.72 Å². The van der Waals surface area contributed by atoms with Crippen molar-refractivity contribution in [2.75, 3.05) is 4.90 Å². The van der Waals surface area contributed by atoms with E-state index in [1.165, 1.54) is 33.8 Å². The third-order valence-corrected chi connectivity index (χ3v) is 3.88. The van der Waals surface area contributed by atoms with E-state index >= 15 is 0 Å². The number of anilines is 3. The van der Waals surface area contributed by atoms with Crippen LogP contribution in [0.1, 0.15) is 16.7 Å². The van der Waals surface area contributed by atoms with E-state index < -0.39 is 0 Å². The lowest BCUT2D eigenvalue weighted by atomic mass is 10.1. The average molecular weight is 320 g/mol. The Morgan fingerprint density at radius 3 is 0.958 bits per heavy atom. The lowest BCUT2D eigenvalue weighted by molar-refractivity contribution is 1.11. The molecular formula is C21H22BFN. The molecule has 0 saturated heterocycles. The first kappa shape index (κ1) is 17.8. The second-order valence-corrected chi connectivity index (χ2v) is 5.84. The van der Waals surface area contributed by atoms with Crippen LogP contribution in [0, 0.1) is 20.8 Å². The molecular weight excluding hydrogens is 296 g/mol. The molecule has 0 unspecified atom stereocenters. The summed E-state index contributed by atoms with van der Waals surface area (Å²) in [6.45, 7) is 6.35. The van der Waals surface area contributed by atoms with Gasteiger partial charge in [0.2, 0.25) is 0 Å². The van der Waals surface area contributed by atoms with Gasteiger partial charge in [0.1, 0.15) is 0 Å². The van der Waals surface area contributed by atoms with Gasteiger partial charge in [-0.25, -0.2) is 0 Å². The number of hydrogen-bond donors (Lipinski definition) is 0. The number of halogens is 1. The summed E-state index contributed by atoms with van der Waals surface area (Å²) in [5, 5.41) is 0. The molecule has 0 fully saturated rings. The Kier molecular flexibility index (Phi) is 6.19. The molecule has 0 spiro atoms. The molecule has 3 aromatic rings. The standard InChI is InChI=1S/C21H21N.B.FH/c1-16-4-10-19(11-5-16)22(20-12-6-17(2)7-13-20)21-14-8-18(3)9-15-21;;/h4-15H,1-3H3;;1H/i/hT. The van der Waals surface area contributed by atoms with Gasteiger partial charge in [0.15, 0.2) is 0 Å². The van der Waals surface area contributed by atoms with Gasteiger partial charge >= 0.3 is 0 Å². The van der Waals surface area contributed by atoms with Crippen molar-refractivity contribution in [1.82, 2.24) is 0 Å². The monoisotopic (exact) mass is 320 g/mol. The second kappa shape index (κ2) is 8.35. The molecule has 3 radical (unpaired) electrons. The highest BCUT2D eigenvalue weighted by Gasteiger charge is 2.11. The number of nitrogens with zero attached hydrogens (tertiary/aromatic N) is 1. The summed E-state index contributed by atoms with van der Waals surface area (Å²) in [5.41, 5.74) is 7.36. The molecule has 24 heavy (non-hydrogen) atoms. The summed E-state index contributed by atoms with van der Waals surface area (Å²) in [4.78, 5) is 2.29. The van der Waals surface area contributed by atoms with E-state index in [0.29, 0.717) is 0 Å². The zero-order chi connectivity index (χ0) is 17.5. The summed E-state index contributed by atoms with van der Waals surface area (Å²) >= 11 is 0. The Bertz CT molecular complexity index is 647. The minimum atomic E-state index is 0. The molecule has 0 N–H and O–H groups in total. The topological polar surface area (TPSA) is 3.24 Å². The van der Waals surface area contributed by atoms with Crippen molar-refractivity contribution in [2.24, 2.45) is 0 Å². The molecule has 0 heterocycles. The van der Waals surface area contributed by atoms with Gasteiger partial charge in [0, 0.05) is 25.5 Å².